The largest absolute Gasteiger partial charge is 0.497 e. The number of aromatic nitrogens is 4. The van der Waals surface area contributed by atoms with Crippen LogP contribution >= 0.6 is 0 Å². The van der Waals surface area contributed by atoms with Crippen LogP contribution in [0, 0.1) is 0 Å². The minimum absolute atomic E-state index is 0.480. The summed E-state index contributed by atoms with van der Waals surface area (Å²) in [6.07, 6.45) is 1.91. The lowest BCUT2D eigenvalue weighted by atomic mass is 10.3. The molecule has 19 heavy (non-hydrogen) atoms. The van der Waals surface area contributed by atoms with Crippen molar-refractivity contribution >= 4 is 17.0 Å². The van der Waals surface area contributed by atoms with E-state index in [2.05, 4.69) is 10.1 Å². The van der Waals surface area contributed by atoms with Crippen molar-refractivity contribution in [3.05, 3.63) is 36.2 Å². The second-order valence-electron chi connectivity index (χ2n) is 4.39. The van der Waals surface area contributed by atoms with Gasteiger partial charge in [-0.3, -0.25) is 4.68 Å². The number of nitrogens with two attached hydrogens (primary N) is 1. The average Bonchev–Trinajstić information content (AvgIpc) is 2.94. The third kappa shape index (κ3) is 2.01. The molecule has 0 spiro atoms. The summed E-state index contributed by atoms with van der Waals surface area (Å²) in [6, 6.07) is 7.67. The smallest absolute Gasteiger partial charge is 0.201 e. The van der Waals surface area contributed by atoms with Crippen LogP contribution in [0.5, 0.6) is 5.75 Å². The number of imidazole rings is 1. The Morgan fingerprint density at radius 2 is 2.16 bits per heavy atom. The average molecular weight is 257 g/mol. The van der Waals surface area contributed by atoms with Crippen molar-refractivity contribution in [2.75, 3.05) is 12.8 Å². The van der Waals surface area contributed by atoms with Gasteiger partial charge in [0.05, 0.1) is 30.4 Å². The highest BCUT2D eigenvalue weighted by molar-refractivity contribution is 5.80. The normalized spacial score (nSPS) is 11.1. The van der Waals surface area contributed by atoms with Crippen molar-refractivity contribution in [2.24, 2.45) is 7.05 Å². The Morgan fingerprint density at radius 3 is 2.84 bits per heavy atom. The molecular weight excluding hydrogens is 242 g/mol. The van der Waals surface area contributed by atoms with Crippen molar-refractivity contribution in [1.82, 2.24) is 19.3 Å². The van der Waals surface area contributed by atoms with Crippen LogP contribution in [0.25, 0.3) is 11.0 Å². The summed E-state index contributed by atoms with van der Waals surface area (Å²) in [5.74, 6) is 1.27. The molecule has 0 bridgehead atoms. The molecule has 3 aromatic rings. The quantitative estimate of drug-likeness (QED) is 0.770. The highest BCUT2D eigenvalue weighted by Gasteiger charge is 2.10. The SMILES string of the molecule is COc1ccc2nc(N)n(Cc3ccn(C)n3)c2c1. The van der Waals surface area contributed by atoms with Crippen LogP contribution in [-0.2, 0) is 13.6 Å². The maximum Gasteiger partial charge on any atom is 0.201 e. The highest BCUT2D eigenvalue weighted by atomic mass is 16.5. The highest BCUT2D eigenvalue weighted by Crippen LogP contribution is 2.23. The Morgan fingerprint density at radius 1 is 1.32 bits per heavy atom. The molecule has 0 saturated carbocycles. The summed E-state index contributed by atoms with van der Waals surface area (Å²) in [4.78, 5) is 4.34. The first-order chi connectivity index (χ1) is 9.17. The van der Waals surface area contributed by atoms with E-state index < -0.39 is 0 Å². The summed E-state index contributed by atoms with van der Waals surface area (Å²) in [5, 5.41) is 4.36. The van der Waals surface area contributed by atoms with Crippen molar-refractivity contribution < 1.29 is 4.74 Å². The van der Waals surface area contributed by atoms with Crippen molar-refractivity contribution in [3.8, 4) is 5.75 Å². The lowest BCUT2D eigenvalue weighted by molar-refractivity contribution is 0.415. The summed E-state index contributed by atoms with van der Waals surface area (Å²) in [7, 11) is 3.53. The Balaban J connectivity index is 2.08. The van der Waals surface area contributed by atoms with E-state index >= 15 is 0 Å². The van der Waals surface area contributed by atoms with E-state index in [0.29, 0.717) is 12.5 Å². The zero-order valence-corrected chi connectivity index (χ0v) is 10.9. The topological polar surface area (TPSA) is 70.9 Å². The van der Waals surface area contributed by atoms with Gasteiger partial charge in [-0.15, -0.1) is 0 Å². The van der Waals surface area contributed by atoms with Gasteiger partial charge in [0, 0.05) is 19.3 Å². The van der Waals surface area contributed by atoms with E-state index in [9.17, 15) is 0 Å². The fourth-order valence-electron chi connectivity index (χ4n) is 2.12. The molecule has 0 atom stereocenters. The lowest BCUT2D eigenvalue weighted by Gasteiger charge is -2.05. The maximum absolute atomic E-state index is 5.98. The van der Waals surface area contributed by atoms with Gasteiger partial charge in [0.2, 0.25) is 5.95 Å². The molecule has 0 saturated heterocycles. The van der Waals surface area contributed by atoms with E-state index in [4.69, 9.17) is 10.5 Å². The van der Waals surface area contributed by atoms with E-state index in [1.807, 2.05) is 42.1 Å². The molecule has 1 aromatic carbocycles. The summed E-state index contributed by atoms with van der Waals surface area (Å²) >= 11 is 0. The molecule has 98 valence electrons. The Hall–Kier alpha value is -2.50. The van der Waals surface area contributed by atoms with Gasteiger partial charge in [0.1, 0.15) is 5.75 Å². The van der Waals surface area contributed by atoms with E-state index in [-0.39, 0.29) is 0 Å². The summed E-state index contributed by atoms with van der Waals surface area (Å²) in [5.41, 5.74) is 8.72. The number of rotatable bonds is 3. The molecule has 2 N–H and O–H groups in total. The third-order valence-corrected chi connectivity index (χ3v) is 3.07. The molecule has 6 nitrogen and oxygen atoms in total. The zero-order valence-electron chi connectivity index (χ0n) is 10.9. The van der Waals surface area contributed by atoms with Gasteiger partial charge in [0.15, 0.2) is 0 Å². The Kier molecular flexibility index (Phi) is 2.63. The molecule has 0 aliphatic heterocycles. The lowest BCUT2D eigenvalue weighted by Crippen LogP contribution is -2.05. The van der Waals surface area contributed by atoms with E-state index in [1.165, 1.54) is 0 Å². The van der Waals surface area contributed by atoms with Gasteiger partial charge < -0.3 is 15.0 Å². The Labute approximate surface area is 110 Å². The minimum Gasteiger partial charge on any atom is -0.497 e. The monoisotopic (exact) mass is 257 g/mol. The van der Waals surface area contributed by atoms with Gasteiger partial charge in [-0.1, -0.05) is 0 Å². The van der Waals surface area contributed by atoms with Gasteiger partial charge in [-0.2, -0.15) is 5.10 Å². The third-order valence-electron chi connectivity index (χ3n) is 3.07. The molecule has 2 aromatic heterocycles. The predicted molar refractivity (Wildman–Crippen MR) is 73.0 cm³/mol. The van der Waals surface area contributed by atoms with Crippen LogP contribution < -0.4 is 10.5 Å². The van der Waals surface area contributed by atoms with Crippen LogP contribution in [0.4, 0.5) is 5.95 Å². The number of nitrogens with zero attached hydrogens (tertiary/aromatic N) is 4. The predicted octanol–water partition coefficient (Wildman–Crippen LogP) is 1.41. The second kappa shape index (κ2) is 4.31. The number of fused-ring (bicyclic) bond motifs is 1. The van der Waals surface area contributed by atoms with Gasteiger partial charge >= 0.3 is 0 Å². The summed E-state index contributed by atoms with van der Waals surface area (Å²) in [6.45, 7) is 0.594. The number of methoxy groups -OCH3 is 1. The van der Waals surface area contributed by atoms with Crippen LogP contribution in [0.1, 0.15) is 5.69 Å². The van der Waals surface area contributed by atoms with Crippen LogP contribution in [0.2, 0.25) is 0 Å². The minimum atomic E-state index is 0.480. The molecule has 2 heterocycles. The first kappa shape index (κ1) is 11.6. The van der Waals surface area contributed by atoms with Gasteiger partial charge in [0.25, 0.3) is 0 Å². The number of anilines is 1. The standard InChI is InChI=1S/C13H15N5O/c1-17-6-5-9(16-17)8-18-12-7-10(19-2)3-4-11(12)15-13(18)14/h3-7H,8H2,1-2H3,(H2,14,15). The molecule has 0 aliphatic carbocycles. The fourth-order valence-corrected chi connectivity index (χ4v) is 2.12. The number of hydrogen-bond donors (Lipinski definition) is 1. The molecule has 0 amide bonds. The first-order valence-electron chi connectivity index (χ1n) is 5.95. The molecule has 0 fully saturated rings. The number of hydrogen-bond acceptors (Lipinski definition) is 4. The molecule has 0 radical (unpaired) electrons. The number of ether oxygens (including phenoxy) is 1. The van der Waals surface area contributed by atoms with Crippen LogP contribution in [0.3, 0.4) is 0 Å². The van der Waals surface area contributed by atoms with Gasteiger partial charge in [-0.25, -0.2) is 4.98 Å². The van der Waals surface area contributed by atoms with Crippen LogP contribution in [-0.4, -0.2) is 26.4 Å². The number of aryl methyl sites for hydroxylation is 1. The summed E-state index contributed by atoms with van der Waals surface area (Å²) < 4.78 is 8.94. The first-order valence-corrected chi connectivity index (χ1v) is 5.95. The van der Waals surface area contributed by atoms with Gasteiger partial charge in [-0.05, 0) is 18.2 Å². The van der Waals surface area contributed by atoms with E-state index in [0.717, 1.165) is 22.5 Å². The number of nitrogen functional groups attached to an aromatic ring is 1. The van der Waals surface area contributed by atoms with Crippen molar-refractivity contribution in [1.29, 1.82) is 0 Å². The fraction of sp³-hybridized carbons (Fsp3) is 0.231. The molecule has 0 unspecified atom stereocenters. The molecular formula is C13H15N5O. The van der Waals surface area contributed by atoms with Crippen molar-refractivity contribution in [3.63, 3.8) is 0 Å². The molecule has 6 heteroatoms. The van der Waals surface area contributed by atoms with Crippen LogP contribution in [0.15, 0.2) is 30.5 Å². The molecule has 3 rings (SSSR count). The second-order valence-corrected chi connectivity index (χ2v) is 4.39. The number of benzene rings is 1. The van der Waals surface area contributed by atoms with Crippen molar-refractivity contribution in [2.45, 2.75) is 6.54 Å². The maximum atomic E-state index is 5.98. The van der Waals surface area contributed by atoms with E-state index in [1.54, 1.807) is 11.8 Å². The zero-order chi connectivity index (χ0) is 13.4. The molecule has 0 aliphatic rings. The Bertz CT molecular complexity index is 728.